The number of carbonyl (C=O) groups is 1. The van der Waals surface area contributed by atoms with Crippen molar-refractivity contribution < 1.29 is 9.53 Å². The third-order valence-electron chi connectivity index (χ3n) is 3.73. The summed E-state index contributed by atoms with van der Waals surface area (Å²) in [5, 5.41) is 5.00. The summed E-state index contributed by atoms with van der Waals surface area (Å²) in [7, 11) is 0. The molecule has 0 heterocycles. The van der Waals surface area contributed by atoms with Crippen molar-refractivity contribution in [3.8, 4) is 0 Å². The van der Waals surface area contributed by atoms with Crippen LogP contribution in [0.15, 0.2) is 54.6 Å². The molecule has 0 atom stereocenters. The Hall–Kier alpha value is -2.00. The van der Waals surface area contributed by atoms with Gasteiger partial charge in [0.25, 0.3) is 0 Å². The van der Waals surface area contributed by atoms with E-state index in [1.165, 1.54) is 27.1 Å². The summed E-state index contributed by atoms with van der Waals surface area (Å²) in [5.74, 6) is 1.02. The molecular weight excluding hydrogens is 316 g/mol. The molecule has 3 aromatic rings. The molecule has 0 fully saturated rings. The Morgan fingerprint density at radius 3 is 2.33 bits per heavy atom. The number of benzene rings is 3. The van der Waals surface area contributed by atoms with E-state index in [9.17, 15) is 4.79 Å². The van der Waals surface area contributed by atoms with E-state index < -0.39 is 5.60 Å². The lowest BCUT2D eigenvalue weighted by atomic mass is 10.0. The van der Waals surface area contributed by atoms with Crippen LogP contribution in [0, 0.1) is 0 Å². The van der Waals surface area contributed by atoms with Crippen LogP contribution in [0.2, 0.25) is 0 Å². The highest BCUT2D eigenvalue weighted by molar-refractivity contribution is 7.99. The second kappa shape index (κ2) is 6.86. The average molecular weight is 338 g/mol. The molecule has 24 heavy (non-hydrogen) atoms. The molecule has 0 aliphatic heterocycles. The van der Waals surface area contributed by atoms with Crippen LogP contribution in [0.5, 0.6) is 0 Å². The van der Waals surface area contributed by atoms with E-state index in [-0.39, 0.29) is 5.97 Å². The standard InChI is InChI=1S/C21H22O2S/c1-21(2,3)23-20(22)14-24-13-18-10-6-9-17-11-15-7-4-5-8-16(15)12-19(17)18/h4-12H,13-14H2,1-3H3. The number of esters is 1. The van der Waals surface area contributed by atoms with Crippen LogP contribution in [0.25, 0.3) is 21.5 Å². The first-order chi connectivity index (χ1) is 11.4. The summed E-state index contributed by atoms with van der Waals surface area (Å²) in [6.07, 6.45) is 0. The molecule has 0 aliphatic rings. The van der Waals surface area contributed by atoms with Crippen LogP contribution in [0.4, 0.5) is 0 Å². The van der Waals surface area contributed by atoms with E-state index in [2.05, 4.69) is 54.6 Å². The lowest BCUT2D eigenvalue weighted by Crippen LogP contribution is -2.24. The Morgan fingerprint density at radius 1 is 0.958 bits per heavy atom. The van der Waals surface area contributed by atoms with E-state index in [1.54, 1.807) is 11.8 Å². The van der Waals surface area contributed by atoms with Gasteiger partial charge in [-0.1, -0.05) is 42.5 Å². The van der Waals surface area contributed by atoms with Crippen LogP contribution in [-0.4, -0.2) is 17.3 Å². The predicted octanol–water partition coefficient (Wildman–Crippen LogP) is 5.57. The molecule has 0 aliphatic carbocycles. The zero-order valence-electron chi connectivity index (χ0n) is 14.3. The number of hydrogen-bond donors (Lipinski definition) is 0. The van der Waals surface area contributed by atoms with E-state index in [4.69, 9.17) is 4.74 Å². The largest absolute Gasteiger partial charge is 0.459 e. The molecule has 2 nitrogen and oxygen atoms in total. The molecule has 0 amide bonds. The van der Waals surface area contributed by atoms with E-state index in [1.807, 2.05) is 20.8 Å². The Morgan fingerprint density at radius 2 is 1.62 bits per heavy atom. The fraction of sp³-hybridized carbons (Fsp3) is 0.286. The molecule has 3 rings (SSSR count). The van der Waals surface area contributed by atoms with Gasteiger partial charge >= 0.3 is 5.97 Å². The van der Waals surface area contributed by atoms with Gasteiger partial charge in [-0.05, 0) is 60.0 Å². The SMILES string of the molecule is CC(C)(C)OC(=O)CSCc1cccc2cc3ccccc3cc12. The first-order valence-electron chi connectivity index (χ1n) is 8.12. The highest BCUT2D eigenvalue weighted by Gasteiger charge is 2.16. The second-order valence-corrected chi connectivity index (χ2v) is 7.90. The summed E-state index contributed by atoms with van der Waals surface area (Å²) < 4.78 is 5.36. The summed E-state index contributed by atoms with van der Waals surface area (Å²) >= 11 is 1.60. The molecule has 3 heteroatoms. The quantitative estimate of drug-likeness (QED) is 0.459. The zero-order valence-corrected chi connectivity index (χ0v) is 15.2. The summed E-state index contributed by atoms with van der Waals surface area (Å²) in [6, 6.07) is 19.2. The number of hydrogen-bond acceptors (Lipinski definition) is 3. The Kier molecular flexibility index (Phi) is 4.81. The number of carbonyl (C=O) groups excluding carboxylic acids is 1. The van der Waals surface area contributed by atoms with Gasteiger partial charge in [0.05, 0.1) is 5.75 Å². The van der Waals surface area contributed by atoms with Crippen LogP contribution < -0.4 is 0 Å². The average Bonchev–Trinajstić information content (AvgIpc) is 2.51. The van der Waals surface area contributed by atoms with Crippen molar-refractivity contribution in [1.82, 2.24) is 0 Å². The van der Waals surface area contributed by atoms with E-state index in [0.717, 1.165) is 5.75 Å². The van der Waals surface area contributed by atoms with Crippen molar-refractivity contribution >= 4 is 39.3 Å². The number of fused-ring (bicyclic) bond motifs is 2. The molecule has 0 bridgehead atoms. The van der Waals surface area contributed by atoms with Crippen LogP contribution in [0.3, 0.4) is 0 Å². The molecule has 0 unspecified atom stereocenters. The first-order valence-corrected chi connectivity index (χ1v) is 9.28. The van der Waals surface area contributed by atoms with Gasteiger partial charge in [-0.15, -0.1) is 11.8 Å². The third-order valence-corrected chi connectivity index (χ3v) is 4.69. The molecule has 0 N–H and O–H groups in total. The fourth-order valence-electron chi connectivity index (χ4n) is 2.77. The van der Waals surface area contributed by atoms with Gasteiger partial charge in [-0.3, -0.25) is 4.79 Å². The predicted molar refractivity (Wildman–Crippen MR) is 103 cm³/mol. The van der Waals surface area contributed by atoms with Crippen molar-refractivity contribution in [2.75, 3.05) is 5.75 Å². The van der Waals surface area contributed by atoms with E-state index >= 15 is 0 Å². The highest BCUT2D eigenvalue weighted by atomic mass is 32.2. The van der Waals surface area contributed by atoms with E-state index in [0.29, 0.717) is 5.75 Å². The lowest BCUT2D eigenvalue weighted by molar-refractivity contribution is -0.151. The second-order valence-electron chi connectivity index (χ2n) is 6.92. The molecule has 0 radical (unpaired) electrons. The molecule has 124 valence electrons. The minimum atomic E-state index is -0.421. The van der Waals surface area contributed by atoms with Crippen molar-refractivity contribution in [1.29, 1.82) is 0 Å². The van der Waals surface area contributed by atoms with Gasteiger partial charge < -0.3 is 4.74 Å². The zero-order chi connectivity index (χ0) is 17.2. The Balaban J connectivity index is 1.77. The normalized spacial score (nSPS) is 11.8. The fourth-order valence-corrected chi connectivity index (χ4v) is 3.57. The van der Waals surface area contributed by atoms with Crippen LogP contribution >= 0.6 is 11.8 Å². The maximum Gasteiger partial charge on any atom is 0.316 e. The monoisotopic (exact) mass is 338 g/mol. The first kappa shape index (κ1) is 16.8. The summed E-state index contributed by atoms with van der Waals surface area (Å²) in [4.78, 5) is 11.8. The minimum absolute atomic E-state index is 0.154. The van der Waals surface area contributed by atoms with Crippen LogP contribution in [-0.2, 0) is 15.3 Å². The van der Waals surface area contributed by atoms with Gasteiger partial charge in [0.1, 0.15) is 5.60 Å². The molecule has 0 aromatic heterocycles. The lowest BCUT2D eigenvalue weighted by Gasteiger charge is -2.19. The van der Waals surface area contributed by atoms with Crippen LogP contribution in [0.1, 0.15) is 26.3 Å². The summed E-state index contributed by atoms with van der Waals surface area (Å²) in [5.41, 5.74) is 0.836. The highest BCUT2D eigenvalue weighted by Crippen LogP contribution is 2.27. The van der Waals surface area contributed by atoms with Gasteiger partial charge in [0.15, 0.2) is 0 Å². The summed E-state index contributed by atoms with van der Waals surface area (Å²) in [6.45, 7) is 5.68. The van der Waals surface area contributed by atoms with Crippen molar-refractivity contribution in [3.05, 3.63) is 60.2 Å². The Labute approximate surface area is 147 Å². The number of thioether (sulfide) groups is 1. The van der Waals surface area contributed by atoms with Crippen molar-refractivity contribution in [2.24, 2.45) is 0 Å². The molecule has 0 spiro atoms. The maximum absolute atomic E-state index is 11.8. The van der Waals surface area contributed by atoms with Gasteiger partial charge in [-0.25, -0.2) is 0 Å². The van der Waals surface area contributed by atoms with Crippen molar-refractivity contribution in [2.45, 2.75) is 32.1 Å². The number of rotatable bonds is 4. The van der Waals surface area contributed by atoms with Gasteiger partial charge in [0.2, 0.25) is 0 Å². The topological polar surface area (TPSA) is 26.3 Å². The third kappa shape index (κ3) is 4.09. The number of ether oxygens (including phenoxy) is 1. The van der Waals surface area contributed by atoms with Crippen molar-refractivity contribution in [3.63, 3.8) is 0 Å². The molecule has 0 saturated carbocycles. The molecule has 0 saturated heterocycles. The molecular formula is C21H22O2S. The van der Waals surface area contributed by atoms with Gasteiger partial charge in [-0.2, -0.15) is 0 Å². The smallest absolute Gasteiger partial charge is 0.316 e. The maximum atomic E-state index is 11.8. The van der Waals surface area contributed by atoms with Gasteiger partial charge in [0, 0.05) is 5.75 Å². The minimum Gasteiger partial charge on any atom is -0.459 e. The molecule has 3 aromatic carbocycles. The Bertz CT molecular complexity index is 878.